The van der Waals surface area contributed by atoms with E-state index in [1.807, 2.05) is 23.1 Å². The molecule has 0 saturated carbocycles. The molecule has 7 heteroatoms. The first-order valence-corrected chi connectivity index (χ1v) is 12.1. The smallest absolute Gasteiger partial charge is 0.266 e. The number of aromatic nitrogens is 1. The molecular weight excluding hydrogens is 428 g/mol. The molecule has 162 valence electrons. The number of anilines is 2. The Morgan fingerprint density at radius 3 is 2.77 bits per heavy atom. The second-order valence-electron chi connectivity index (χ2n) is 8.85. The van der Waals surface area contributed by atoms with Gasteiger partial charge in [0.2, 0.25) is 0 Å². The number of benzene rings is 1. The maximum atomic E-state index is 13.3. The summed E-state index contributed by atoms with van der Waals surface area (Å²) in [6, 6.07) is 8.14. The SMILES string of the molecule is Cc1ccc(Cl)cc1N1CCN(C(=O)c2sc3nc4c(cc3c2N)CC(C)CC4)CC1. The number of piperazine rings is 1. The molecule has 3 aromatic rings. The topological polar surface area (TPSA) is 62.5 Å². The van der Waals surface area contributed by atoms with Gasteiger partial charge in [-0.1, -0.05) is 24.6 Å². The van der Waals surface area contributed by atoms with Crippen LogP contribution >= 0.6 is 22.9 Å². The molecule has 0 bridgehead atoms. The number of hydrogen-bond acceptors (Lipinski definition) is 5. The van der Waals surface area contributed by atoms with Crippen LogP contribution < -0.4 is 10.6 Å². The molecule has 1 fully saturated rings. The van der Waals surface area contributed by atoms with Crippen LogP contribution in [0.5, 0.6) is 0 Å². The third-order valence-electron chi connectivity index (χ3n) is 6.60. The molecule has 5 rings (SSSR count). The maximum Gasteiger partial charge on any atom is 0.266 e. The van der Waals surface area contributed by atoms with Gasteiger partial charge in [-0.05, 0) is 61.4 Å². The summed E-state index contributed by atoms with van der Waals surface area (Å²) in [5, 5.41) is 1.68. The number of pyridine rings is 1. The average Bonchev–Trinajstić information content (AvgIpc) is 3.09. The van der Waals surface area contributed by atoms with Crippen LogP contribution in [0.1, 0.15) is 39.8 Å². The van der Waals surface area contributed by atoms with Crippen LogP contribution in [0.25, 0.3) is 10.2 Å². The molecule has 0 radical (unpaired) electrons. The first-order chi connectivity index (χ1) is 14.9. The van der Waals surface area contributed by atoms with E-state index in [1.165, 1.54) is 34.6 Å². The molecule has 1 aliphatic carbocycles. The van der Waals surface area contributed by atoms with Crippen LogP contribution in [-0.4, -0.2) is 42.0 Å². The Morgan fingerprint density at radius 1 is 1.23 bits per heavy atom. The Labute approximate surface area is 191 Å². The molecule has 0 spiro atoms. The quantitative estimate of drug-likeness (QED) is 0.596. The highest BCUT2D eigenvalue weighted by Gasteiger charge is 2.28. The minimum Gasteiger partial charge on any atom is -0.397 e. The minimum atomic E-state index is 0.0225. The molecule has 1 aromatic carbocycles. The van der Waals surface area contributed by atoms with Gasteiger partial charge in [0, 0.05) is 48.0 Å². The summed E-state index contributed by atoms with van der Waals surface area (Å²) in [5.74, 6) is 0.696. The van der Waals surface area contributed by atoms with Crippen molar-refractivity contribution in [1.29, 1.82) is 0 Å². The van der Waals surface area contributed by atoms with Gasteiger partial charge in [-0.15, -0.1) is 11.3 Å². The van der Waals surface area contributed by atoms with Crippen molar-refractivity contribution in [2.45, 2.75) is 33.1 Å². The van der Waals surface area contributed by atoms with Crippen molar-refractivity contribution in [3.8, 4) is 0 Å². The fourth-order valence-corrected chi connectivity index (χ4v) is 5.98. The number of aryl methyl sites for hydroxylation is 2. The standard InChI is InChI=1S/C24H27ClN4OS/c1-14-3-6-19-16(11-14)12-18-21(26)22(31-23(18)27-19)24(30)29-9-7-28(8-10-29)20-13-17(25)5-4-15(20)2/h4-5,12-14H,3,6-11,26H2,1-2H3. The van der Waals surface area contributed by atoms with E-state index in [1.54, 1.807) is 0 Å². The van der Waals surface area contributed by atoms with Gasteiger partial charge in [0.25, 0.3) is 5.91 Å². The van der Waals surface area contributed by atoms with Crippen LogP contribution in [0.3, 0.4) is 0 Å². The van der Waals surface area contributed by atoms with Crippen molar-refractivity contribution in [2.24, 2.45) is 5.92 Å². The zero-order valence-electron chi connectivity index (χ0n) is 17.9. The highest BCUT2D eigenvalue weighted by Crippen LogP contribution is 2.37. The number of amides is 1. The lowest BCUT2D eigenvalue weighted by atomic mass is 9.87. The van der Waals surface area contributed by atoms with Gasteiger partial charge in [0.1, 0.15) is 9.71 Å². The lowest BCUT2D eigenvalue weighted by Gasteiger charge is -2.36. The third-order valence-corrected chi connectivity index (χ3v) is 7.94. The molecule has 31 heavy (non-hydrogen) atoms. The number of thiophene rings is 1. The van der Waals surface area contributed by atoms with E-state index in [-0.39, 0.29) is 5.91 Å². The number of halogens is 1. The van der Waals surface area contributed by atoms with Crippen molar-refractivity contribution in [3.63, 3.8) is 0 Å². The number of nitrogen functional groups attached to an aromatic ring is 1. The van der Waals surface area contributed by atoms with E-state index < -0.39 is 0 Å². The molecular formula is C24H27ClN4OS. The second-order valence-corrected chi connectivity index (χ2v) is 10.3. The Bertz CT molecular complexity index is 1170. The monoisotopic (exact) mass is 454 g/mol. The number of nitrogens with zero attached hydrogens (tertiary/aromatic N) is 3. The minimum absolute atomic E-state index is 0.0225. The van der Waals surface area contributed by atoms with Crippen LogP contribution in [0, 0.1) is 12.8 Å². The molecule has 2 aliphatic rings. The van der Waals surface area contributed by atoms with E-state index in [2.05, 4.69) is 24.8 Å². The number of nitrogens with two attached hydrogens (primary N) is 1. The first kappa shape index (κ1) is 20.6. The molecule has 1 atom stereocenters. The molecule has 1 aliphatic heterocycles. The Balaban J connectivity index is 1.36. The van der Waals surface area contributed by atoms with Crippen LogP contribution in [0.15, 0.2) is 24.3 Å². The van der Waals surface area contributed by atoms with E-state index in [0.29, 0.717) is 29.6 Å². The Morgan fingerprint density at radius 2 is 2.00 bits per heavy atom. The van der Waals surface area contributed by atoms with E-state index in [9.17, 15) is 4.79 Å². The van der Waals surface area contributed by atoms with Gasteiger partial charge >= 0.3 is 0 Å². The summed E-state index contributed by atoms with van der Waals surface area (Å²) in [4.78, 5) is 23.9. The molecule has 1 amide bonds. The lowest BCUT2D eigenvalue weighted by molar-refractivity contribution is 0.0752. The highest BCUT2D eigenvalue weighted by molar-refractivity contribution is 7.21. The molecule has 1 saturated heterocycles. The van der Waals surface area contributed by atoms with Crippen LogP contribution in [0.2, 0.25) is 5.02 Å². The van der Waals surface area contributed by atoms with Gasteiger partial charge in [-0.2, -0.15) is 0 Å². The summed E-state index contributed by atoms with van der Waals surface area (Å²) in [7, 11) is 0. The van der Waals surface area contributed by atoms with Crippen LogP contribution in [0.4, 0.5) is 11.4 Å². The zero-order valence-corrected chi connectivity index (χ0v) is 19.5. The fourth-order valence-electron chi connectivity index (χ4n) is 4.75. The van der Waals surface area contributed by atoms with Crippen molar-refractivity contribution in [1.82, 2.24) is 9.88 Å². The molecule has 2 N–H and O–H groups in total. The molecule has 2 aromatic heterocycles. The van der Waals surface area contributed by atoms with Crippen LogP contribution in [-0.2, 0) is 12.8 Å². The van der Waals surface area contributed by atoms with Gasteiger partial charge < -0.3 is 15.5 Å². The first-order valence-electron chi connectivity index (χ1n) is 10.9. The van der Waals surface area contributed by atoms with Gasteiger partial charge in [-0.3, -0.25) is 4.79 Å². The summed E-state index contributed by atoms with van der Waals surface area (Å²) in [5.41, 5.74) is 11.9. The normalized spacial score (nSPS) is 19.0. The zero-order chi connectivity index (χ0) is 21.7. The second kappa shape index (κ2) is 7.99. The van der Waals surface area contributed by atoms with Crippen molar-refractivity contribution in [2.75, 3.05) is 36.8 Å². The van der Waals surface area contributed by atoms with Crippen molar-refractivity contribution < 1.29 is 4.79 Å². The maximum absolute atomic E-state index is 13.3. The summed E-state index contributed by atoms with van der Waals surface area (Å²) >= 11 is 7.64. The Kier molecular flexibility index (Phi) is 5.30. The predicted octanol–water partition coefficient (Wildman–Crippen LogP) is 4.93. The lowest BCUT2D eigenvalue weighted by Crippen LogP contribution is -2.49. The highest BCUT2D eigenvalue weighted by atomic mass is 35.5. The summed E-state index contributed by atoms with van der Waals surface area (Å²) < 4.78 is 0. The average molecular weight is 455 g/mol. The predicted molar refractivity (Wildman–Crippen MR) is 130 cm³/mol. The van der Waals surface area contributed by atoms with E-state index in [0.717, 1.165) is 46.9 Å². The van der Waals surface area contributed by atoms with Gasteiger partial charge in [-0.25, -0.2) is 4.98 Å². The van der Waals surface area contributed by atoms with Crippen molar-refractivity contribution >= 4 is 50.4 Å². The van der Waals surface area contributed by atoms with E-state index >= 15 is 0 Å². The molecule has 1 unspecified atom stereocenters. The molecule has 5 nitrogen and oxygen atoms in total. The Hall–Kier alpha value is -2.31. The van der Waals surface area contributed by atoms with Gasteiger partial charge in [0.15, 0.2) is 0 Å². The van der Waals surface area contributed by atoms with E-state index in [4.69, 9.17) is 22.3 Å². The van der Waals surface area contributed by atoms with Crippen molar-refractivity contribution in [3.05, 3.63) is 51.0 Å². The fraction of sp³-hybridized carbons (Fsp3) is 0.417. The third kappa shape index (κ3) is 3.76. The number of carbonyl (C=O) groups is 1. The number of hydrogen-bond donors (Lipinski definition) is 1. The summed E-state index contributed by atoms with van der Waals surface area (Å²) in [6.45, 7) is 7.27. The number of rotatable bonds is 2. The number of fused-ring (bicyclic) bond motifs is 2. The number of carbonyl (C=O) groups excluding carboxylic acids is 1. The largest absolute Gasteiger partial charge is 0.397 e. The molecule has 3 heterocycles. The summed E-state index contributed by atoms with van der Waals surface area (Å²) in [6.07, 6.45) is 3.23. The van der Waals surface area contributed by atoms with Gasteiger partial charge in [0.05, 0.1) is 5.69 Å².